The van der Waals surface area contributed by atoms with E-state index in [1.165, 1.54) is 12.1 Å². The molecule has 0 fully saturated rings. The summed E-state index contributed by atoms with van der Waals surface area (Å²) in [6.07, 6.45) is 0.645. The maximum Gasteiger partial charge on any atom is 0.270 e. The van der Waals surface area contributed by atoms with E-state index >= 15 is 0 Å². The van der Waals surface area contributed by atoms with Gasteiger partial charge < -0.3 is 9.64 Å². The number of likely N-dealkylation sites (N-methyl/N-ethyl adjacent to an activating group) is 1. The van der Waals surface area contributed by atoms with E-state index in [4.69, 9.17) is 4.74 Å². The molecule has 1 aromatic carbocycles. The molecule has 0 saturated heterocycles. The molecule has 0 unspecified atom stereocenters. The molecule has 1 aromatic rings. The van der Waals surface area contributed by atoms with Gasteiger partial charge in [0.15, 0.2) is 6.29 Å². The Bertz CT molecular complexity index is 448. The van der Waals surface area contributed by atoms with Crippen LogP contribution in [0.2, 0.25) is 0 Å². The SMILES string of the molecule is CCOCCN(CC)c1ccc([N+](=O)[O-])cc1C=O. The molecular formula is C13H18N2O4. The van der Waals surface area contributed by atoms with Crippen molar-refractivity contribution < 1.29 is 14.5 Å². The molecule has 0 atom stereocenters. The summed E-state index contributed by atoms with van der Waals surface area (Å²) < 4.78 is 5.28. The summed E-state index contributed by atoms with van der Waals surface area (Å²) in [6, 6.07) is 4.31. The van der Waals surface area contributed by atoms with Crippen LogP contribution in [0.25, 0.3) is 0 Å². The van der Waals surface area contributed by atoms with Crippen molar-refractivity contribution in [1.82, 2.24) is 0 Å². The highest BCUT2D eigenvalue weighted by Gasteiger charge is 2.14. The molecule has 0 aliphatic rings. The third-order valence-electron chi connectivity index (χ3n) is 2.78. The standard InChI is InChI=1S/C13H18N2O4/c1-3-14(7-8-19-4-2)13-6-5-12(15(17)18)9-11(13)10-16/h5-6,9-10H,3-4,7-8H2,1-2H3. The third kappa shape index (κ3) is 4.03. The lowest BCUT2D eigenvalue weighted by Gasteiger charge is -2.24. The van der Waals surface area contributed by atoms with Gasteiger partial charge in [-0.05, 0) is 19.9 Å². The van der Waals surface area contributed by atoms with E-state index in [-0.39, 0.29) is 5.69 Å². The summed E-state index contributed by atoms with van der Waals surface area (Å²) in [5.74, 6) is 0. The average Bonchev–Trinajstić information content (AvgIpc) is 2.43. The van der Waals surface area contributed by atoms with Crippen LogP contribution in [0.3, 0.4) is 0 Å². The maximum atomic E-state index is 11.1. The number of hydrogen-bond acceptors (Lipinski definition) is 5. The highest BCUT2D eigenvalue weighted by Crippen LogP contribution is 2.24. The van der Waals surface area contributed by atoms with Crippen molar-refractivity contribution >= 4 is 17.7 Å². The van der Waals surface area contributed by atoms with Gasteiger partial charge in [0.05, 0.1) is 11.5 Å². The van der Waals surface area contributed by atoms with Crippen LogP contribution in [-0.2, 0) is 4.74 Å². The van der Waals surface area contributed by atoms with Gasteiger partial charge in [-0.1, -0.05) is 0 Å². The van der Waals surface area contributed by atoms with Crippen molar-refractivity contribution in [1.29, 1.82) is 0 Å². The topological polar surface area (TPSA) is 72.7 Å². The Labute approximate surface area is 112 Å². The number of aldehydes is 1. The van der Waals surface area contributed by atoms with Crippen molar-refractivity contribution in [2.45, 2.75) is 13.8 Å². The molecule has 104 valence electrons. The van der Waals surface area contributed by atoms with Crippen LogP contribution in [-0.4, -0.2) is 37.5 Å². The molecule has 0 aliphatic heterocycles. The second-order valence-corrected chi connectivity index (χ2v) is 3.89. The lowest BCUT2D eigenvalue weighted by atomic mass is 10.1. The molecule has 0 aromatic heterocycles. The fourth-order valence-electron chi connectivity index (χ4n) is 1.81. The second kappa shape index (κ2) is 7.48. The summed E-state index contributed by atoms with van der Waals surface area (Å²) in [5.41, 5.74) is 0.946. The van der Waals surface area contributed by atoms with Crippen LogP contribution in [0.5, 0.6) is 0 Å². The largest absolute Gasteiger partial charge is 0.380 e. The molecule has 0 spiro atoms. The number of ether oxygens (including phenoxy) is 1. The Balaban J connectivity index is 2.96. The van der Waals surface area contributed by atoms with Gasteiger partial charge in [-0.15, -0.1) is 0 Å². The van der Waals surface area contributed by atoms with Crippen LogP contribution in [0, 0.1) is 10.1 Å². The van der Waals surface area contributed by atoms with Crippen molar-refractivity contribution in [3.05, 3.63) is 33.9 Å². The van der Waals surface area contributed by atoms with E-state index < -0.39 is 4.92 Å². The van der Waals surface area contributed by atoms with E-state index in [1.807, 2.05) is 18.7 Å². The number of non-ortho nitro benzene ring substituents is 1. The lowest BCUT2D eigenvalue weighted by Crippen LogP contribution is -2.28. The summed E-state index contributed by atoms with van der Waals surface area (Å²) in [7, 11) is 0. The first-order valence-corrected chi connectivity index (χ1v) is 6.20. The molecule has 6 nitrogen and oxygen atoms in total. The van der Waals surface area contributed by atoms with Gasteiger partial charge >= 0.3 is 0 Å². The molecule has 0 amide bonds. The van der Waals surface area contributed by atoms with Crippen LogP contribution >= 0.6 is 0 Å². The first-order chi connectivity index (χ1) is 9.13. The zero-order chi connectivity index (χ0) is 14.3. The normalized spacial score (nSPS) is 10.2. The lowest BCUT2D eigenvalue weighted by molar-refractivity contribution is -0.384. The number of nitrogens with zero attached hydrogens (tertiary/aromatic N) is 2. The van der Waals surface area contributed by atoms with Crippen molar-refractivity contribution in [3.63, 3.8) is 0 Å². The number of nitro benzene ring substituents is 1. The Hall–Kier alpha value is -1.95. The zero-order valence-corrected chi connectivity index (χ0v) is 11.2. The molecule has 19 heavy (non-hydrogen) atoms. The van der Waals surface area contributed by atoms with Crippen LogP contribution < -0.4 is 4.90 Å². The zero-order valence-electron chi connectivity index (χ0n) is 11.2. The Morgan fingerprint density at radius 2 is 2.16 bits per heavy atom. The van der Waals surface area contributed by atoms with Gasteiger partial charge in [0.2, 0.25) is 0 Å². The van der Waals surface area contributed by atoms with Gasteiger partial charge in [0.1, 0.15) is 0 Å². The van der Waals surface area contributed by atoms with Crippen LogP contribution in [0.1, 0.15) is 24.2 Å². The summed E-state index contributed by atoms with van der Waals surface area (Å²) in [6.45, 7) is 6.41. The number of rotatable bonds is 8. The quantitative estimate of drug-likeness (QED) is 0.312. The number of benzene rings is 1. The molecule has 6 heteroatoms. The van der Waals surface area contributed by atoms with Gasteiger partial charge in [-0.3, -0.25) is 14.9 Å². The van der Waals surface area contributed by atoms with E-state index in [0.717, 1.165) is 0 Å². The van der Waals surface area contributed by atoms with Gasteiger partial charge in [-0.2, -0.15) is 0 Å². The first-order valence-electron chi connectivity index (χ1n) is 6.20. The monoisotopic (exact) mass is 266 g/mol. The predicted molar refractivity (Wildman–Crippen MR) is 72.9 cm³/mol. The fraction of sp³-hybridized carbons (Fsp3) is 0.462. The molecule has 0 heterocycles. The van der Waals surface area contributed by atoms with Gasteiger partial charge in [0.25, 0.3) is 5.69 Å². The minimum absolute atomic E-state index is 0.0771. The molecule has 0 bridgehead atoms. The van der Waals surface area contributed by atoms with E-state index in [0.29, 0.717) is 43.8 Å². The minimum atomic E-state index is -0.507. The second-order valence-electron chi connectivity index (χ2n) is 3.89. The van der Waals surface area contributed by atoms with Crippen molar-refractivity contribution in [3.8, 4) is 0 Å². The summed E-state index contributed by atoms with van der Waals surface area (Å²) >= 11 is 0. The first kappa shape index (κ1) is 15.1. The van der Waals surface area contributed by atoms with Crippen LogP contribution in [0.15, 0.2) is 18.2 Å². The molecule has 1 rings (SSSR count). The molecule has 0 N–H and O–H groups in total. The number of carbonyl (C=O) groups excluding carboxylic acids is 1. The number of anilines is 1. The summed E-state index contributed by atoms with van der Waals surface area (Å²) in [5, 5.41) is 10.7. The maximum absolute atomic E-state index is 11.1. The number of carbonyl (C=O) groups is 1. The predicted octanol–water partition coefficient (Wildman–Crippen LogP) is 2.27. The minimum Gasteiger partial charge on any atom is -0.380 e. The smallest absolute Gasteiger partial charge is 0.270 e. The Kier molecular flexibility index (Phi) is 5.95. The number of hydrogen-bond donors (Lipinski definition) is 0. The molecule has 0 aliphatic carbocycles. The molecular weight excluding hydrogens is 248 g/mol. The van der Waals surface area contributed by atoms with Crippen molar-refractivity contribution in [2.75, 3.05) is 31.2 Å². The average molecular weight is 266 g/mol. The molecule has 0 saturated carbocycles. The number of nitro groups is 1. The Morgan fingerprint density at radius 1 is 1.42 bits per heavy atom. The van der Waals surface area contributed by atoms with E-state index in [1.54, 1.807) is 6.07 Å². The van der Waals surface area contributed by atoms with E-state index in [9.17, 15) is 14.9 Å². The van der Waals surface area contributed by atoms with Gasteiger partial charge in [0, 0.05) is 43.1 Å². The highest BCUT2D eigenvalue weighted by atomic mass is 16.6. The third-order valence-corrected chi connectivity index (χ3v) is 2.78. The van der Waals surface area contributed by atoms with Gasteiger partial charge in [-0.25, -0.2) is 0 Å². The van der Waals surface area contributed by atoms with Crippen LogP contribution in [0.4, 0.5) is 11.4 Å². The fourth-order valence-corrected chi connectivity index (χ4v) is 1.81. The van der Waals surface area contributed by atoms with Crippen molar-refractivity contribution in [2.24, 2.45) is 0 Å². The van der Waals surface area contributed by atoms with E-state index in [2.05, 4.69) is 0 Å². The Morgan fingerprint density at radius 3 is 2.68 bits per heavy atom. The highest BCUT2D eigenvalue weighted by molar-refractivity contribution is 5.85. The summed E-state index contributed by atoms with van der Waals surface area (Å²) in [4.78, 5) is 23.2. The molecule has 0 radical (unpaired) electrons.